The van der Waals surface area contributed by atoms with Crippen LogP contribution in [0.3, 0.4) is 0 Å². The van der Waals surface area contributed by atoms with Crippen LogP contribution in [0.2, 0.25) is 0 Å². The van der Waals surface area contributed by atoms with Gasteiger partial charge >= 0.3 is 0 Å². The number of ether oxygens (including phenoxy) is 1. The highest BCUT2D eigenvalue weighted by molar-refractivity contribution is 5.61. The Bertz CT molecular complexity index is 546. The zero-order valence-electron chi connectivity index (χ0n) is 14.2. The van der Waals surface area contributed by atoms with Crippen LogP contribution in [-0.4, -0.2) is 54.4 Å². The van der Waals surface area contributed by atoms with E-state index >= 15 is 0 Å². The molecule has 1 aromatic carbocycles. The van der Waals surface area contributed by atoms with Gasteiger partial charge in [-0.3, -0.25) is 4.90 Å². The first-order valence-electron chi connectivity index (χ1n) is 8.32. The molecule has 0 spiro atoms. The van der Waals surface area contributed by atoms with E-state index < -0.39 is 0 Å². The molecule has 22 heavy (non-hydrogen) atoms. The fourth-order valence-corrected chi connectivity index (χ4v) is 3.65. The number of rotatable bonds is 3. The molecule has 2 aliphatic rings. The highest BCUT2D eigenvalue weighted by Gasteiger charge is 2.31. The van der Waals surface area contributed by atoms with Crippen LogP contribution in [0, 0.1) is 6.92 Å². The third-order valence-electron chi connectivity index (χ3n) is 4.62. The van der Waals surface area contributed by atoms with Gasteiger partial charge in [0.1, 0.15) is 11.4 Å². The quantitative estimate of drug-likeness (QED) is 0.929. The van der Waals surface area contributed by atoms with Crippen molar-refractivity contribution >= 4 is 5.69 Å². The van der Waals surface area contributed by atoms with E-state index in [2.05, 4.69) is 42.7 Å². The first kappa shape index (κ1) is 15.6. The van der Waals surface area contributed by atoms with E-state index in [9.17, 15) is 5.11 Å². The van der Waals surface area contributed by atoms with Crippen LogP contribution in [0.25, 0.3) is 0 Å². The van der Waals surface area contributed by atoms with E-state index in [0.29, 0.717) is 0 Å². The second-order valence-corrected chi connectivity index (χ2v) is 7.42. The van der Waals surface area contributed by atoms with Crippen LogP contribution in [0.4, 0.5) is 5.69 Å². The monoisotopic (exact) mass is 304 g/mol. The fourth-order valence-electron chi connectivity index (χ4n) is 3.65. The van der Waals surface area contributed by atoms with Crippen LogP contribution in [-0.2, 0) is 6.42 Å². The average molecular weight is 304 g/mol. The van der Waals surface area contributed by atoms with Gasteiger partial charge < -0.3 is 14.7 Å². The smallest absolute Gasteiger partial charge is 0.125 e. The summed E-state index contributed by atoms with van der Waals surface area (Å²) in [7, 11) is 0. The van der Waals surface area contributed by atoms with E-state index in [1.807, 2.05) is 6.92 Å². The molecule has 4 heteroatoms. The van der Waals surface area contributed by atoms with E-state index in [4.69, 9.17) is 4.74 Å². The van der Waals surface area contributed by atoms with Crippen molar-refractivity contribution in [3.05, 3.63) is 23.3 Å². The minimum Gasteiger partial charge on any atom is -0.487 e. The number of hydrogen-bond donors (Lipinski definition) is 1. The molecule has 1 aromatic rings. The number of nitrogens with zero attached hydrogens (tertiary/aromatic N) is 2. The topological polar surface area (TPSA) is 35.9 Å². The molecule has 122 valence electrons. The molecule has 0 saturated carbocycles. The van der Waals surface area contributed by atoms with Gasteiger partial charge in [-0.1, -0.05) is 6.07 Å². The van der Waals surface area contributed by atoms with Crippen molar-refractivity contribution < 1.29 is 9.84 Å². The van der Waals surface area contributed by atoms with Gasteiger partial charge in [0.25, 0.3) is 0 Å². The SMILES string of the molecule is Cc1cc2c(cc1N1CCN(C[C@H](C)O)CC1)OC(C)(C)C2. The predicted molar refractivity (Wildman–Crippen MR) is 89.9 cm³/mol. The minimum absolute atomic E-state index is 0.0800. The van der Waals surface area contributed by atoms with Gasteiger partial charge in [-0.05, 0) is 38.8 Å². The van der Waals surface area contributed by atoms with Crippen molar-refractivity contribution in [2.75, 3.05) is 37.6 Å². The van der Waals surface area contributed by atoms with Crippen LogP contribution >= 0.6 is 0 Å². The number of aliphatic hydroxyl groups is 1. The Kier molecular flexibility index (Phi) is 4.08. The van der Waals surface area contributed by atoms with Gasteiger partial charge in [-0.15, -0.1) is 0 Å². The van der Waals surface area contributed by atoms with Gasteiger partial charge in [-0.25, -0.2) is 0 Å². The summed E-state index contributed by atoms with van der Waals surface area (Å²) in [6, 6.07) is 4.52. The molecule has 1 N–H and O–H groups in total. The number of anilines is 1. The lowest BCUT2D eigenvalue weighted by Crippen LogP contribution is -2.48. The van der Waals surface area contributed by atoms with Crippen LogP contribution in [0.5, 0.6) is 5.75 Å². The van der Waals surface area contributed by atoms with E-state index in [1.165, 1.54) is 16.8 Å². The molecular weight excluding hydrogens is 276 g/mol. The zero-order chi connectivity index (χ0) is 15.9. The van der Waals surface area contributed by atoms with Crippen LogP contribution in [0.15, 0.2) is 12.1 Å². The molecule has 0 radical (unpaired) electrons. The van der Waals surface area contributed by atoms with E-state index in [-0.39, 0.29) is 11.7 Å². The lowest BCUT2D eigenvalue weighted by Gasteiger charge is -2.37. The van der Waals surface area contributed by atoms with Crippen molar-refractivity contribution in [2.45, 2.75) is 45.8 Å². The van der Waals surface area contributed by atoms with Gasteiger partial charge in [0, 0.05) is 50.9 Å². The average Bonchev–Trinajstić information content (AvgIpc) is 2.71. The normalized spacial score (nSPS) is 22.3. The molecule has 2 aliphatic heterocycles. The molecule has 0 bridgehead atoms. The van der Waals surface area contributed by atoms with E-state index in [1.54, 1.807) is 0 Å². The summed E-state index contributed by atoms with van der Waals surface area (Å²) >= 11 is 0. The molecule has 1 atom stereocenters. The van der Waals surface area contributed by atoms with Crippen molar-refractivity contribution in [3.8, 4) is 5.75 Å². The first-order valence-corrected chi connectivity index (χ1v) is 8.32. The fraction of sp³-hybridized carbons (Fsp3) is 0.667. The second kappa shape index (κ2) is 5.74. The van der Waals surface area contributed by atoms with Gasteiger partial charge in [0.2, 0.25) is 0 Å². The largest absolute Gasteiger partial charge is 0.487 e. The van der Waals surface area contributed by atoms with Crippen molar-refractivity contribution in [3.63, 3.8) is 0 Å². The Labute approximate surface area is 133 Å². The summed E-state index contributed by atoms with van der Waals surface area (Å²) in [6.45, 7) is 13.2. The third kappa shape index (κ3) is 3.23. The Morgan fingerprint density at radius 2 is 1.91 bits per heavy atom. The zero-order valence-corrected chi connectivity index (χ0v) is 14.2. The number of benzene rings is 1. The predicted octanol–water partition coefficient (Wildman–Crippen LogP) is 2.21. The molecule has 0 aromatic heterocycles. The summed E-state index contributed by atoms with van der Waals surface area (Å²) in [6.07, 6.45) is 0.745. The van der Waals surface area contributed by atoms with Crippen molar-refractivity contribution in [1.29, 1.82) is 0 Å². The summed E-state index contributed by atoms with van der Waals surface area (Å²) in [4.78, 5) is 4.78. The molecule has 2 heterocycles. The molecule has 3 rings (SSSR count). The standard InChI is InChI=1S/C18H28N2O2/c1-13-9-15-11-18(3,4)22-17(15)10-16(13)20-7-5-19(6-8-20)12-14(2)21/h9-10,14,21H,5-8,11-12H2,1-4H3/t14-/m0/s1. The number of fused-ring (bicyclic) bond motifs is 1. The third-order valence-corrected chi connectivity index (χ3v) is 4.62. The Morgan fingerprint density at radius 3 is 2.55 bits per heavy atom. The molecule has 0 amide bonds. The highest BCUT2D eigenvalue weighted by Crippen LogP contribution is 2.39. The van der Waals surface area contributed by atoms with E-state index in [0.717, 1.165) is 44.9 Å². The molecular formula is C18H28N2O2. The Balaban J connectivity index is 1.72. The van der Waals surface area contributed by atoms with Crippen LogP contribution < -0.4 is 9.64 Å². The van der Waals surface area contributed by atoms with Gasteiger partial charge in [0.05, 0.1) is 6.10 Å². The highest BCUT2D eigenvalue weighted by atomic mass is 16.5. The summed E-state index contributed by atoms with van der Waals surface area (Å²) in [5.74, 6) is 1.05. The molecule has 1 saturated heterocycles. The van der Waals surface area contributed by atoms with Crippen molar-refractivity contribution in [2.24, 2.45) is 0 Å². The number of hydrogen-bond acceptors (Lipinski definition) is 4. The number of aliphatic hydroxyl groups excluding tert-OH is 1. The van der Waals surface area contributed by atoms with Crippen molar-refractivity contribution in [1.82, 2.24) is 4.90 Å². The molecule has 4 nitrogen and oxygen atoms in total. The molecule has 1 fully saturated rings. The number of aryl methyl sites for hydroxylation is 1. The molecule has 0 unspecified atom stereocenters. The first-order chi connectivity index (χ1) is 10.3. The van der Waals surface area contributed by atoms with Gasteiger partial charge in [-0.2, -0.15) is 0 Å². The summed E-state index contributed by atoms with van der Waals surface area (Å²) in [5.41, 5.74) is 3.89. The molecule has 0 aliphatic carbocycles. The van der Waals surface area contributed by atoms with Crippen LogP contribution in [0.1, 0.15) is 31.9 Å². The number of piperazine rings is 1. The maximum Gasteiger partial charge on any atom is 0.125 e. The lowest BCUT2D eigenvalue weighted by atomic mass is 9.99. The summed E-state index contributed by atoms with van der Waals surface area (Å²) in [5, 5.41) is 9.51. The number of β-amino-alcohol motifs (C(OH)–C–C–N with tert-alkyl or cyclic N) is 1. The van der Waals surface area contributed by atoms with Gasteiger partial charge in [0.15, 0.2) is 0 Å². The lowest BCUT2D eigenvalue weighted by molar-refractivity contribution is 0.122. The Morgan fingerprint density at radius 1 is 1.23 bits per heavy atom. The second-order valence-electron chi connectivity index (χ2n) is 7.42. The maximum atomic E-state index is 9.51. The minimum atomic E-state index is -0.246. The Hall–Kier alpha value is -1.26. The summed E-state index contributed by atoms with van der Waals surface area (Å²) < 4.78 is 6.08. The maximum absolute atomic E-state index is 9.51.